The molecule has 6 nitrogen and oxygen atoms in total. The van der Waals surface area contributed by atoms with Crippen LogP contribution in [0.1, 0.15) is 59.5 Å². The molecule has 1 aromatic carbocycles. The summed E-state index contributed by atoms with van der Waals surface area (Å²) in [6, 6.07) is 8.17. The fraction of sp³-hybridized carbons (Fsp3) is 0.440. The molecule has 5 rings (SSSR count). The summed E-state index contributed by atoms with van der Waals surface area (Å²) in [7, 11) is 1.73. The van der Waals surface area contributed by atoms with E-state index in [1.807, 2.05) is 6.20 Å². The van der Waals surface area contributed by atoms with Gasteiger partial charge in [0.1, 0.15) is 11.4 Å². The molecule has 2 aliphatic rings. The number of benzene rings is 1. The van der Waals surface area contributed by atoms with E-state index >= 15 is 0 Å². The van der Waals surface area contributed by atoms with Crippen molar-refractivity contribution in [3.05, 3.63) is 53.3 Å². The van der Waals surface area contributed by atoms with Crippen LogP contribution in [0.3, 0.4) is 0 Å². The van der Waals surface area contributed by atoms with Gasteiger partial charge in [-0.2, -0.15) is 0 Å². The molecule has 2 aliphatic carbocycles. The molecule has 2 fully saturated rings. The van der Waals surface area contributed by atoms with Gasteiger partial charge in [-0.3, -0.25) is 0 Å². The van der Waals surface area contributed by atoms with Gasteiger partial charge in [-0.05, 0) is 85.8 Å². The number of pyridine rings is 1. The number of anilines is 2. The Morgan fingerprint density at radius 2 is 2.10 bits per heavy atom. The Balaban J connectivity index is 1.48. The number of aryl methyl sites for hydroxylation is 1. The molecule has 0 bridgehead atoms. The van der Waals surface area contributed by atoms with Gasteiger partial charge in [-0.1, -0.05) is 0 Å². The highest BCUT2D eigenvalue weighted by atomic mass is 16.5. The topological polar surface area (TPSA) is 76.4 Å². The van der Waals surface area contributed by atoms with E-state index in [-0.39, 0.29) is 5.56 Å². The Morgan fingerprint density at radius 3 is 2.81 bits per heavy atom. The molecule has 2 N–H and O–H groups in total. The number of methoxy groups -OCH3 is 1. The van der Waals surface area contributed by atoms with Gasteiger partial charge < -0.3 is 19.7 Å². The molecule has 0 spiro atoms. The van der Waals surface area contributed by atoms with Crippen LogP contribution in [0, 0.1) is 5.92 Å². The van der Waals surface area contributed by atoms with Gasteiger partial charge >= 0.3 is 5.97 Å². The van der Waals surface area contributed by atoms with Gasteiger partial charge in [0.2, 0.25) is 0 Å². The normalized spacial score (nSPS) is 16.0. The zero-order valence-electron chi connectivity index (χ0n) is 17.9. The van der Waals surface area contributed by atoms with Crippen molar-refractivity contribution in [1.29, 1.82) is 0 Å². The minimum absolute atomic E-state index is 0.233. The maximum atomic E-state index is 11.9. The number of carbonyl (C=O) groups is 1. The predicted molar refractivity (Wildman–Crippen MR) is 121 cm³/mol. The van der Waals surface area contributed by atoms with Crippen molar-refractivity contribution in [3.63, 3.8) is 0 Å². The molecule has 0 radical (unpaired) electrons. The molecular formula is C25H29N3O3. The summed E-state index contributed by atoms with van der Waals surface area (Å²) in [4.78, 5) is 16.4. The lowest BCUT2D eigenvalue weighted by atomic mass is 10.0. The van der Waals surface area contributed by atoms with E-state index in [1.165, 1.54) is 29.3 Å². The van der Waals surface area contributed by atoms with Crippen LogP contribution in [0.4, 0.5) is 11.5 Å². The second kappa shape index (κ2) is 8.35. The minimum Gasteiger partial charge on any atom is -0.478 e. The van der Waals surface area contributed by atoms with E-state index in [1.54, 1.807) is 13.2 Å². The minimum atomic E-state index is -0.950. The first kappa shape index (κ1) is 20.1. The van der Waals surface area contributed by atoms with Crippen molar-refractivity contribution < 1.29 is 14.6 Å². The number of aromatic nitrogens is 2. The molecular weight excluding hydrogens is 390 g/mol. The van der Waals surface area contributed by atoms with Crippen LogP contribution < -0.4 is 5.32 Å². The largest absolute Gasteiger partial charge is 0.478 e. The molecule has 6 heteroatoms. The zero-order valence-corrected chi connectivity index (χ0v) is 17.9. The number of carboxylic acid groups (broad SMARTS) is 1. The average Bonchev–Trinajstić information content (AvgIpc) is 3.67. The molecule has 2 heterocycles. The Bertz CT molecular complexity index is 1110. The smallest absolute Gasteiger partial charge is 0.339 e. The number of carboxylic acids is 1. The second-order valence-corrected chi connectivity index (χ2v) is 8.95. The first-order valence-corrected chi connectivity index (χ1v) is 11.2. The van der Waals surface area contributed by atoms with E-state index in [4.69, 9.17) is 4.74 Å². The summed E-state index contributed by atoms with van der Waals surface area (Å²) < 4.78 is 7.65. The average molecular weight is 420 g/mol. The lowest BCUT2D eigenvalue weighted by Gasteiger charge is -2.14. The molecule has 162 valence electrons. The molecule has 0 aliphatic heterocycles. The number of hydrogen-bond acceptors (Lipinski definition) is 4. The highest BCUT2D eigenvalue weighted by molar-refractivity contribution is 5.95. The maximum Gasteiger partial charge on any atom is 0.339 e. The number of aromatic carboxylic acids is 1. The van der Waals surface area contributed by atoms with Crippen LogP contribution in [0.25, 0.3) is 10.9 Å². The van der Waals surface area contributed by atoms with E-state index < -0.39 is 5.97 Å². The Hall–Kier alpha value is -2.86. The van der Waals surface area contributed by atoms with Crippen LogP contribution in [-0.4, -0.2) is 34.3 Å². The molecule has 0 atom stereocenters. The van der Waals surface area contributed by atoms with Crippen LogP contribution in [-0.2, 0) is 17.7 Å². The van der Waals surface area contributed by atoms with Gasteiger partial charge in [0, 0.05) is 43.7 Å². The monoisotopic (exact) mass is 419 g/mol. The van der Waals surface area contributed by atoms with Crippen molar-refractivity contribution in [2.24, 2.45) is 5.92 Å². The number of nitrogens with zero attached hydrogens (tertiary/aromatic N) is 2. The maximum absolute atomic E-state index is 11.9. The number of rotatable bonds is 10. The van der Waals surface area contributed by atoms with Gasteiger partial charge in [-0.15, -0.1) is 0 Å². The van der Waals surface area contributed by atoms with Crippen molar-refractivity contribution in [3.8, 4) is 0 Å². The molecule has 0 saturated heterocycles. The fourth-order valence-corrected chi connectivity index (χ4v) is 4.36. The predicted octanol–water partition coefficient (Wildman–Crippen LogP) is 5.34. The van der Waals surface area contributed by atoms with E-state index in [0.29, 0.717) is 11.7 Å². The van der Waals surface area contributed by atoms with Crippen LogP contribution >= 0.6 is 0 Å². The Morgan fingerprint density at radius 1 is 1.26 bits per heavy atom. The Kier molecular flexibility index (Phi) is 5.40. The summed E-state index contributed by atoms with van der Waals surface area (Å²) in [6.07, 6.45) is 10.7. The third-order valence-electron chi connectivity index (χ3n) is 6.34. The first-order valence-electron chi connectivity index (χ1n) is 11.2. The number of nitrogens with one attached hydrogen (secondary N) is 1. The molecule has 2 saturated carbocycles. The standard InChI is InChI=1S/C25H29N3O3/c1-31-10-2-3-18-11-21(12-19-8-9-28(23(18)19)15-16-4-5-16)27-24-22(25(29)30)13-20(14-26-24)17-6-7-17/h8-9,11-14,16-17H,2-7,10,15H2,1H3,(H,26,27)(H,29,30). The highest BCUT2D eigenvalue weighted by Gasteiger charge is 2.26. The molecule has 0 amide bonds. The SMILES string of the molecule is COCCCc1cc(Nc2ncc(C3CC3)cc2C(=O)O)cc2ccn(CC3CC3)c12. The quantitative estimate of drug-likeness (QED) is 0.434. The summed E-state index contributed by atoms with van der Waals surface area (Å²) in [6.45, 7) is 1.79. The molecule has 3 aromatic rings. The van der Waals surface area contributed by atoms with Crippen molar-refractivity contribution >= 4 is 28.4 Å². The third-order valence-corrected chi connectivity index (χ3v) is 6.34. The number of ether oxygens (including phenoxy) is 1. The molecule has 2 aromatic heterocycles. The third kappa shape index (κ3) is 4.44. The van der Waals surface area contributed by atoms with Gasteiger partial charge in [0.15, 0.2) is 0 Å². The van der Waals surface area contributed by atoms with E-state index in [9.17, 15) is 9.90 Å². The van der Waals surface area contributed by atoms with E-state index in [0.717, 1.165) is 56.0 Å². The summed E-state index contributed by atoms with van der Waals surface area (Å²) in [5.74, 6) is 0.716. The number of fused-ring (bicyclic) bond motifs is 1. The molecule has 0 unspecified atom stereocenters. The first-order chi connectivity index (χ1) is 15.1. The van der Waals surface area contributed by atoms with Crippen LogP contribution in [0.5, 0.6) is 0 Å². The summed E-state index contributed by atoms with van der Waals surface area (Å²) in [5.41, 5.74) is 4.67. The van der Waals surface area contributed by atoms with Gasteiger partial charge in [-0.25, -0.2) is 9.78 Å². The number of hydrogen-bond donors (Lipinski definition) is 2. The van der Waals surface area contributed by atoms with Crippen molar-refractivity contribution in [1.82, 2.24) is 9.55 Å². The van der Waals surface area contributed by atoms with Crippen LogP contribution in [0.2, 0.25) is 0 Å². The van der Waals surface area contributed by atoms with Gasteiger partial charge in [0.05, 0.1) is 5.52 Å². The second-order valence-electron chi connectivity index (χ2n) is 8.95. The zero-order chi connectivity index (χ0) is 21.4. The highest BCUT2D eigenvalue weighted by Crippen LogP contribution is 2.41. The fourth-order valence-electron chi connectivity index (χ4n) is 4.36. The van der Waals surface area contributed by atoms with Gasteiger partial charge in [0.25, 0.3) is 0 Å². The lowest BCUT2D eigenvalue weighted by molar-refractivity contribution is 0.0697. The Labute approximate surface area is 182 Å². The lowest BCUT2D eigenvalue weighted by Crippen LogP contribution is -2.07. The van der Waals surface area contributed by atoms with Crippen molar-refractivity contribution in [2.75, 3.05) is 19.0 Å². The van der Waals surface area contributed by atoms with Crippen LogP contribution in [0.15, 0.2) is 36.7 Å². The summed E-state index contributed by atoms with van der Waals surface area (Å²) >= 11 is 0. The molecule has 31 heavy (non-hydrogen) atoms. The summed E-state index contributed by atoms with van der Waals surface area (Å²) in [5, 5.41) is 14.2. The van der Waals surface area contributed by atoms with Crippen molar-refractivity contribution in [2.45, 2.75) is 51.0 Å². The van der Waals surface area contributed by atoms with E-state index in [2.05, 4.69) is 39.3 Å².